The molecule has 0 spiro atoms. The molecule has 148 valence electrons. The molecule has 0 aliphatic heterocycles. The van der Waals surface area contributed by atoms with Crippen LogP contribution in [0.3, 0.4) is 0 Å². The van der Waals surface area contributed by atoms with Crippen LogP contribution in [0, 0.1) is 36.8 Å². The molecule has 0 atom stereocenters. The van der Waals surface area contributed by atoms with Gasteiger partial charge in [-0.3, -0.25) is 4.79 Å². The summed E-state index contributed by atoms with van der Waals surface area (Å²) in [5.74, 6) is -2.89. The molecule has 0 fully saturated rings. The number of aromatic nitrogens is 2. The minimum atomic E-state index is -1.09. The quantitative estimate of drug-likeness (QED) is 0.380. The molecule has 0 saturated heterocycles. The molecule has 30 heavy (non-hydrogen) atoms. The average Bonchev–Trinajstić information content (AvgIpc) is 3.14. The second-order valence-electron chi connectivity index (χ2n) is 7.07. The number of H-pyrrole nitrogens is 1. The Kier molecular flexibility index (Phi) is 4.55. The van der Waals surface area contributed by atoms with E-state index in [0.29, 0.717) is 22.2 Å². The molecule has 0 aliphatic carbocycles. The van der Waals surface area contributed by atoms with E-state index < -0.39 is 23.0 Å². The van der Waals surface area contributed by atoms with Crippen LogP contribution in [0.2, 0.25) is 0 Å². The van der Waals surface area contributed by atoms with E-state index in [1.54, 1.807) is 12.3 Å². The number of hydrogen-bond donors (Lipinski definition) is 2. The van der Waals surface area contributed by atoms with Crippen LogP contribution in [-0.2, 0) is 0 Å². The van der Waals surface area contributed by atoms with Gasteiger partial charge < -0.3 is 10.7 Å². The van der Waals surface area contributed by atoms with E-state index in [2.05, 4.69) is 16.0 Å². The molecule has 0 aliphatic rings. The van der Waals surface area contributed by atoms with Gasteiger partial charge in [-0.05, 0) is 48.7 Å². The van der Waals surface area contributed by atoms with E-state index in [1.807, 2.05) is 26.0 Å². The van der Waals surface area contributed by atoms with Crippen LogP contribution in [0.5, 0.6) is 0 Å². The molecule has 7 heteroatoms. The summed E-state index contributed by atoms with van der Waals surface area (Å²) in [7, 11) is 0. The summed E-state index contributed by atoms with van der Waals surface area (Å²) in [6, 6.07) is 9.67. The van der Waals surface area contributed by atoms with Crippen molar-refractivity contribution in [1.82, 2.24) is 9.97 Å². The van der Waals surface area contributed by atoms with Crippen molar-refractivity contribution in [3.8, 4) is 17.2 Å². The number of carbonyl (C=O) groups excluding carboxylic acids is 1. The lowest BCUT2D eigenvalue weighted by molar-refractivity contribution is 0.103. The summed E-state index contributed by atoms with van der Waals surface area (Å²) in [6.45, 7) is 3.69. The largest absolute Gasteiger partial charge is 0.396 e. The summed E-state index contributed by atoms with van der Waals surface area (Å²) in [5, 5.41) is 9.70. The average molecular weight is 402 g/mol. The Bertz CT molecular complexity index is 1360. The van der Waals surface area contributed by atoms with Gasteiger partial charge in [0.05, 0.1) is 22.9 Å². The van der Waals surface area contributed by atoms with E-state index >= 15 is 0 Å². The van der Waals surface area contributed by atoms with Crippen molar-refractivity contribution in [3.05, 3.63) is 82.2 Å². The van der Waals surface area contributed by atoms with Crippen molar-refractivity contribution < 1.29 is 13.6 Å². The van der Waals surface area contributed by atoms with Gasteiger partial charge in [0, 0.05) is 28.9 Å². The topological polar surface area (TPSA) is 95.6 Å². The number of nitriles is 1. The van der Waals surface area contributed by atoms with Crippen LogP contribution < -0.4 is 5.73 Å². The zero-order chi connectivity index (χ0) is 21.6. The standard InChI is InChI=1S/C23H16F2N4O/c1-11-5-13(6-12(2)16(11)8-26)14-7-15-17(10-29-23(15)28-9-14)22(30)20-18(24)3-4-19(27)21(20)25/h3-7,9-10H,27H2,1-2H3,(H,28,29). The normalized spacial score (nSPS) is 10.9. The molecule has 4 aromatic rings. The molecule has 0 amide bonds. The Labute approximate surface area is 170 Å². The third-order valence-corrected chi connectivity index (χ3v) is 5.10. The maximum Gasteiger partial charge on any atom is 0.201 e. The summed E-state index contributed by atoms with van der Waals surface area (Å²) in [5.41, 5.74) is 8.78. The van der Waals surface area contributed by atoms with Crippen molar-refractivity contribution in [3.63, 3.8) is 0 Å². The number of fused-ring (bicyclic) bond motifs is 1. The van der Waals surface area contributed by atoms with Gasteiger partial charge in [-0.2, -0.15) is 5.26 Å². The minimum absolute atomic E-state index is 0.0878. The van der Waals surface area contributed by atoms with E-state index in [4.69, 9.17) is 5.73 Å². The fraction of sp³-hybridized carbons (Fsp3) is 0.0870. The maximum absolute atomic E-state index is 14.4. The van der Waals surface area contributed by atoms with Crippen molar-refractivity contribution >= 4 is 22.5 Å². The number of carbonyl (C=O) groups is 1. The lowest BCUT2D eigenvalue weighted by atomic mass is 9.95. The molecular formula is C23H16F2N4O. The number of nitrogens with one attached hydrogen (secondary N) is 1. The number of aromatic amines is 1. The van der Waals surface area contributed by atoms with Gasteiger partial charge >= 0.3 is 0 Å². The SMILES string of the molecule is Cc1cc(-c2cnc3[nH]cc(C(=O)c4c(F)ccc(N)c4F)c3c2)cc(C)c1C#N. The highest BCUT2D eigenvalue weighted by Gasteiger charge is 2.24. The zero-order valence-corrected chi connectivity index (χ0v) is 16.2. The highest BCUT2D eigenvalue weighted by Crippen LogP contribution is 2.30. The second-order valence-corrected chi connectivity index (χ2v) is 7.07. The lowest BCUT2D eigenvalue weighted by Crippen LogP contribution is -2.09. The summed E-state index contributed by atoms with van der Waals surface area (Å²) < 4.78 is 28.6. The number of halogens is 2. The Morgan fingerprint density at radius 2 is 1.83 bits per heavy atom. The maximum atomic E-state index is 14.4. The number of ketones is 1. The predicted molar refractivity (Wildman–Crippen MR) is 110 cm³/mol. The molecule has 2 aromatic heterocycles. The van der Waals surface area contributed by atoms with Crippen molar-refractivity contribution in [2.75, 3.05) is 5.73 Å². The van der Waals surface area contributed by atoms with Crippen molar-refractivity contribution in [2.45, 2.75) is 13.8 Å². The number of nitrogen functional groups attached to an aromatic ring is 1. The van der Waals surface area contributed by atoms with Gasteiger partial charge in [-0.1, -0.05) is 12.1 Å². The van der Waals surface area contributed by atoms with Crippen LogP contribution >= 0.6 is 0 Å². The van der Waals surface area contributed by atoms with Crippen molar-refractivity contribution in [1.29, 1.82) is 5.26 Å². The van der Waals surface area contributed by atoms with Gasteiger partial charge in [-0.25, -0.2) is 13.8 Å². The Balaban J connectivity index is 1.87. The Morgan fingerprint density at radius 1 is 1.13 bits per heavy atom. The Morgan fingerprint density at radius 3 is 2.50 bits per heavy atom. The zero-order valence-electron chi connectivity index (χ0n) is 16.2. The number of aryl methyl sites for hydroxylation is 2. The second kappa shape index (κ2) is 7.08. The Hall–Kier alpha value is -4.05. The molecule has 0 unspecified atom stereocenters. The van der Waals surface area contributed by atoms with E-state index in [-0.39, 0.29) is 11.3 Å². The third kappa shape index (κ3) is 2.99. The van der Waals surface area contributed by atoms with E-state index in [0.717, 1.165) is 28.8 Å². The summed E-state index contributed by atoms with van der Waals surface area (Å²) in [6.07, 6.45) is 3.01. The fourth-order valence-electron chi connectivity index (χ4n) is 3.57. The molecule has 0 bridgehead atoms. The van der Waals surface area contributed by atoms with Gasteiger partial charge in [-0.15, -0.1) is 0 Å². The summed E-state index contributed by atoms with van der Waals surface area (Å²) >= 11 is 0. The van der Waals surface area contributed by atoms with E-state index in [1.165, 1.54) is 6.20 Å². The fourth-order valence-corrected chi connectivity index (χ4v) is 3.57. The number of nitrogens with two attached hydrogens (primary N) is 1. The highest BCUT2D eigenvalue weighted by atomic mass is 19.1. The molecule has 0 radical (unpaired) electrons. The van der Waals surface area contributed by atoms with Crippen LogP contribution in [-0.4, -0.2) is 15.8 Å². The lowest BCUT2D eigenvalue weighted by Gasteiger charge is -2.09. The first kappa shape index (κ1) is 19.3. The number of pyridine rings is 1. The third-order valence-electron chi connectivity index (χ3n) is 5.10. The monoisotopic (exact) mass is 402 g/mol. The molecule has 2 aromatic carbocycles. The number of anilines is 1. The molecular weight excluding hydrogens is 386 g/mol. The first-order chi connectivity index (χ1) is 14.3. The number of benzene rings is 2. The smallest absolute Gasteiger partial charge is 0.201 e. The van der Waals surface area contributed by atoms with Crippen molar-refractivity contribution in [2.24, 2.45) is 0 Å². The number of hydrogen-bond acceptors (Lipinski definition) is 4. The number of rotatable bonds is 3. The molecule has 4 rings (SSSR count). The molecule has 3 N–H and O–H groups in total. The van der Waals surface area contributed by atoms with Gasteiger partial charge in [0.25, 0.3) is 0 Å². The predicted octanol–water partition coefficient (Wildman–Crippen LogP) is 4.81. The summed E-state index contributed by atoms with van der Waals surface area (Å²) in [4.78, 5) is 20.1. The molecule has 0 saturated carbocycles. The van der Waals surface area contributed by atoms with Crippen LogP contribution in [0.4, 0.5) is 14.5 Å². The first-order valence-electron chi connectivity index (χ1n) is 9.08. The van der Waals surface area contributed by atoms with Gasteiger partial charge in [0.2, 0.25) is 5.78 Å². The minimum Gasteiger partial charge on any atom is -0.396 e. The molecule has 2 heterocycles. The highest BCUT2D eigenvalue weighted by molar-refractivity contribution is 6.16. The van der Waals surface area contributed by atoms with Gasteiger partial charge in [0.15, 0.2) is 5.82 Å². The number of nitrogens with zero attached hydrogens (tertiary/aromatic N) is 2. The van der Waals surface area contributed by atoms with Crippen LogP contribution in [0.1, 0.15) is 32.6 Å². The first-order valence-corrected chi connectivity index (χ1v) is 9.08. The van der Waals surface area contributed by atoms with E-state index in [9.17, 15) is 18.8 Å². The van der Waals surface area contributed by atoms with Gasteiger partial charge in [0.1, 0.15) is 11.5 Å². The van der Waals surface area contributed by atoms with Crippen LogP contribution in [0.15, 0.2) is 42.7 Å². The van der Waals surface area contributed by atoms with Crippen LogP contribution in [0.25, 0.3) is 22.2 Å². The molecule has 5 nitrogen and oxygen atoms in total.